The summed E-state index contributed by atoms with van der Waals surface area (Å²) in [4.78, 5) is 31.6. The minimum atomic E-state index is -5.34. The number of rotatable bonds is 4. The molecule has 0 radical (unpaired) electrons. The zero-order chi connectivity index (χ0) is 25.6. The molecule has 35 heavy (non-hydrogen) atoms. The van der Waals surface area contributed by atoms with Crippen molar-refractivity contribution in [1.29, 1.82) is 0 Å². The highest BCUT2D eigenvalue weighted by atomic mass is 35.5. The Balaban J connectivity index is 2.10. The van der Waals surface area contributed by atoms with Crippen LogP contribution in [0.15, 0.2) is 59.8 Å². The molecule has 2 heterocycles. The zero-order valence-corrected chi connectivity index (χ0v) is 19.4. The number of aliphatic hydroxyl groups is 1. The Hall–Kier alpha value is -2.95. The molecule has 2 aliphatic heterocycles. The standard InChI is InChI=1S/C24H22ClF3N2O5/c1-3-34-20(31)18-17(14-8-5-4-6-9-14)22(13(2)30-35-21(22)32)19(15-10-7-11-16(25)12-15)29-23(18,33)24(26,27)28/h4-12,17-19,29,33H,3H2,1-2H3/t17-,18+,19-,22-,23+/m0/s1. The number of carbonyl (C=O) groups is 2. The highest BCUT2D eigenvalue weighted by molar-refractivity contribution is 6.30. The summed E-state index contributed by atoms with van der Waals surface area (Å²) >= 11 is 6.13. The van der Waals surface area contributed by atoms with E-state index in [1.165, 1.54) is 50.2 Å². The Morgan fingerprint density at radius 1 is 1.20 bits per heavy atom. The van der Waals surface area contributed by atoms with Crippen LogP contribution in [0.3, 0.4) is 0 Å². The fourth-order valence-corrected chi connectivity index (χ4v) is 5.34. The lowest BCUT2D eigenvalue weighted by Gasteiger charge is -2.55. The number of oxime groups is 1. The fourth-order valence-electron chi connectivity index (χ4n) is 5.14. The maximum atomic E-state index is 14.6. The first-order valence-corrected chi connectivity index (χ1v) is 11.2. The van der Waals surface area contributed by atoms with Crippen LogP contribution in [-0.2, 0) is 19.2 Å². The summed E-state index contributed by atoms with van der Waals surface area (Å²) in [6.45, 7) is 2.62. The summed E-state index contributed by atoms with van der Waals surface area (Å²) in [5.41, 5.74) is -5.33. The molecule has 1 spiro atoms. The molecule has 2 N–H and O–H groups in total. The highest BCUT2D eigenvalue weighted by Crippen LogP contribution is 2.61. The monoisotopic (exact) mass is 510 g/mol. The molecule has 0 bridgehead atoms. The van der Waals surface area contributed by atoms with E-state index in [-0.39, 0.29) is 28.5 Å². The smallest absolute Gasteiger partial charge is 0.431 e. The molecule has 1 saturated heterocycles. The first-order chi connectivity index (χ1) is 16.5. The number of nitrogens with zero attached hydrogens (tertiary/aromatic N) is 1. The van der Waals surface area contributed by atoms with Gasteiger partial charge in [0, 0.05) is 10.9 Å². The van der Waals surface area contributed by atoms with Gasteiger partial charge in [-0.05, 0) is 37.1 Å². The van der Waals surface area contributed by atoms with Gasteiger partial charge < -0.3 is 14.7 Å². The lowest BCUT2D eigenvalue weighted by Crippen LogP contribution is -2.74. The van der Waals surface area contributed by atoms with Crippen LogP contribution in [0.4, 0.5) is 13.2 Å². The van der Waals surface area contributed by atoms with E-state index in [1.807, 2.05) is 0 Å². The predicted molar refractivity (Wildman–Crippen MR) is 119 cm³/mol. The molecular weight excluding hydrogens is 489 g/mol. The summed E-state index contributed by atoms with van der Waals surface area (Å²) in [6.07, 6.45) is -5.34. The van der Waals surface area contributed by atoms with Gasteiger partial charge in [0.25, 0.3) is 0 Å². The molecule has 11 heteroatoms. The number of esters is 1. The number of benzene rings is 2. The summed E-state index contributed by atoms with van der Waals surface area (Å²) in [7, 11) is 0. The third-order valence-corrected chi connectivity index (χ3v) is 6.84. The maximum Gasteiger partial charge on any atom is 0.431 e. The third-order valence-electron chi connectivity index (χ3n) is 6.61. The van der Waals surface area contributed by atoms with Crippen LogP contribution in [0.5, 0.6) is 0 Å². The number of nitrogens with one attached hydrogen (secondary N) is 1. The first kappa shape index (κ1) is 25.2. The summed E-state index contributed by atoms with van der Waals surface area (Å²) < 4.78 is 48.8. The van der Waals surface area contributed by atoms with Crippen LogP contribution in [0.25, 0.3) is 0 Å². The van der Waals surface area contributed by atoms with E-state index in [1.54, 1.807) is 18.2 Å². The highest BCUT2D eigenvalue weighted by Gasteiger charge is 2.76. The Morgan fingerprint density at radius 2 is 1.86 bits per heavy atom. The number of alkyl halides is 3. The van der Waals surface area contributed by atoms with E-state index in [9.17, 15) is 27.9 Å². The largest absolute Gasteiger partial charge is 0.466 e. The van der Waals surface area contributed by atoms with Crippen LogP contribution in [0.1, 0.15) is 36.9 Å². The first-order valence-electron chi connectivity index (χ1n) is 10.8. The molecule has 0 amide bonds. The van der Waals surface area contributed by atoms with Crippen molar-refractivity contribution in [2.75, 3.05) is 6.61 Å². The van der Waals surface area contributed by atoms with E-state index in [0.29, 0.717) is 0 Å². The van der Waals surface area contributed by atoms with Crippen molar-refractivity contribution in [1.82, 2.24) is 5.32 Å². The number of piperidine rings is 1. The number of hydrogen-bond donors (Lipinski definition) is 2. The number of halogens is 4. The summed E-state index contributed by atoms with van der Waals surface area (Å²) in [5.74, 6) is -6.15. The van der Waals surface area contributed by atoms with Crippen molar-refractivity contribution in [2.45, 2.75) is 37.7 Å². The molecule has 0 saturated carbocycles. The number of hydrogen-bond acceptors (Lipinski definition) is 7. The van der Waals surface area contributed by atoms with E-state index in [4.69, 9.17) is 21.2 Å². The second kappa shape index (κ2) is 8.92. The SMILES string of the molecule is CCOC(=O)[C@H]1[C@H](c2ccccc2)[C@]2(C(=O)ON=C2C)[C@H](c2cccc(Cl)c2)N[C@]1(O)C(F)(F)F. The molecule has 7 nitrogen and oxygen atoms in total. The van der Waals surface area contributed by atoms with Gasteiger partial charge in [-0.15, -0.1) is 0 Å². The van der Waals surface area contributed by atoms with Gasteiger partial charge in [-0.1, -0.05) is 59.2 Å². The van der Waals surface area contributed by atoms with Gasteiger partial charge in [0.1, 0.15) is 11.3 Å². The third kappa shape index (κ3) is 3.80. The van der Waals surface area contributed by atoms with Gasteiger partial charge >= 0.3 is 18.1 Å². The van der Waals surface area contributed by atoms with Gasteiger partial charge in [0.2, 0.25) is 5.72 Å². The minimum absolute atomic E-state index is 0.0346. The molecule has 2 aromatic rings. The number of ether oxygens (including phenoxy) is 1. The molecule has 186 valence electrons. The Bertz CT molecular complexity index is 1180. The van der Waals surface area contributed by atoms with Crippen LogP contribution < -0.4 is 5.32 Å². The summed E-state index contributed by atoms with van der Waals surface area (Å²) in [5, 5.41) is 17.4. The van der Waals surface area contributed by atoms with E-state index < -0.39 is 47.1 Å². The Kier molecular flexibility index (Phi) is 6.41. The Labute approximate surface area is 203 Å². The normalized spacial score (nSPS) is 30.7. The van der Waals surface area contributed by atoms with Crippen molar-refractivity contribution in [3.63, 3.8) is 0 Å². The molecule has 4 rings (SSSR count). The molecule has 0 aliphatic carbocycles. The van der Waals surface area contributed by atoms with Crippen LogP contribution in [-0.4, -0.2) is 41.3 Å². The molecular formula is C24H22ClF3N2O5. The van der Waals surface area contributed by atoms with Crippen LogP contribution in [0, 0.1) is 11.3 Å². The van der Waals surface area contributed by atoms with Crippen molar-refractivity contribution < 1.29 is 37.4 Å². The molecule has 2 aliphatic rings. The second-order valence-electron chi connectivity index (χ2n) is 8.44. The van der Waals surface area contributed by atoms with Gasteiger partial charge in [-0.3, -0.25) is 10.1 Å². The van der Waals surface area contributed by atoms with E-state index >= 15 is 0 Å². The lowest BCUT2D eigenvalue weighted by molar-refractivity contribution is -0.311. The summed E-state index contributed by atoms with van der Waals surface area (Å²) in [6, 6.07) is 12.0. The minimum Gasteiger partial charge on any atom is -0.466 e. The molecule has 2 aromatic carbocycles. The maximum absolute atomic E-state index is 14.6. The van der Waals surface area contributed by atoms with Crippen molar-refractivity contribution in [2.24, 2.45) is 16.5 Å². The van der Waals surface area contributed by atoms with E-state index in [0.717, 1.165) is 0 Å². The molecule has 0 unspecified atom stereocenters. The predicted octanol–water partition coefficient (Wildman–Crippen LogP) is 4.12. The van der Waals surface area contributed by atoms with Gasteiger partial charge in [-0.25, -0.2) is 4.79 Å². The topological polar surface area (TPSA) is 97.2 Å². The van der Waals surface area contributed by atoms with E-state index in [2.05, 4.69) is 10.5 Å². The van der Waals surface area contributed by atoms with Gasteiger partial charge in [0.05, 0.1) is 18.4 Å². The molecule has 5 atom stereocenters. The van der Waals surface area contributed by atoms with Crippen molar-refractivity contribution in [3.8, 4) is 0 Å². The average molecular weight is 511 g/mol. The van der Waals surface area contributed by atoms with Gasteiger partial charge in [-0.2, -0.15) is 13.2 Å². The number of carbonyl (C=O) groups excluding carboxylic acids is 2. The van der Waals surface area contributed by atoms with Crippen LogP contribution >= 0.6 is 11.6 Å². The fraction of sp³-hybridized carbons (Fsp3) is 0.375. The van der Waals surface area contributed by atoms with Crippen molar-refractivity contribution >= 4 is 29.3 Å². The molecule has 1 fully saturated rings. The Morgan fingerprint density at radius 3 is 2.40 bits per heavy atom. The van der Waals surface area contributed by atoms with Crippen molar-refractivity contribution in [3.05, 3.63) is 70.7 Å². The lowest BCUT2D eigenvalue weighted by atomic mass is 9.54. The zero-order valence-electron chi connectivity index (χ0n) is 18.7. The average Bonchev–Trinajstić information content (AvgIpc) is 3.09. The van der Waals surface area contributed by atoms with Crippen LogP contribution in [0.2, 0.25) is 5.02 Å². The quantitative estimate of drug-likeness (QED) is 0.474. The van der Waals surface area contributed by atoms with Gasteiger partial charge in [0.15, 0.2) is 0 Å². The second-order valence-corrected chi connectivity index (χ2v) is 8.88. The molecule has 0 aromatic heterocycles.